The van der Waals surface area contributed by atoms with Crippen LogP contribution in [0.2, 0.25) is 6.32 Å². The Labute approximate surface area is 324 Å². The van der Waals surface area contributed by atoms with Crippen LogP contribution in [0.3, 0.4) is 0 Å². The molecule has 3 heterocycles. The van der Waals surface area contributed by atoms with Crippen molar-refractivity contribution in [3.05, 3.63) is 125 Å². The molecule has 0 bridgehead atoms. The Morgan fingerprint density at radius 3 is 2.33 bits per heavy atom. The molecule has 4 aromatic carbocycles. The van der Waals surface area contributed by atoms with Crippen molar-refractivity contribution in [1.29, 1.82) is 0 Å². The van der Waals surface area contributed by atoms with E-state index in [-0.39, 0.29) is 35.8 Å². The second kappa shape index (κ2) is 16.6. The fraction of sp³-hybridized carbons (Fsp3) is 0.391. The van der Waals surface area contributed by atoms with Crippen LogP contribution in [0.4, 0.5) is 0 Å². The third kappa shape index (κ3) is 7.88. The molecule has 0 spiro atoms. The molecule has 1 aliphatic carbocycles. The van der Waals surface area contributed by atoms with Crippen molar-refractivity contribution >= 4 is 35.8 Å². The number of ether oxygens (including phenoxy) is 1. The summed E-state index contributed by atoms with van der Waals surface area (Å²) in [4.78, 5) is 32.9. The molecule has 9 heteroatoms. The van der Waals surface area contributed by atoms with Crippen LogP contribution in [0, 0.1) is 17.8 Å². The molecule has 3 aliphatic heterocycles. The van der Waals surface area contributed by atoms with Crippen molar-refractivity contribution in [2.45, 2.75) is 76.9 Å². The number of hydrogen-bond donors (Lipinski definition) is 2. The van der Waals surface area contributed by atoms with Gasteiger partial charge in [0.05, 0.1) is 17.9 Å². The highest BCUT2D eigenvalue weighted by molar-refractivity contribution is 6.43. The number of hydrogen-bond acceptors (Lipinski definition) is 7. The number of amides is 2. The molecule has 4 aliphatic rings. The fourth-order valence-corrected chi connectivity index (χ4v) is 9.70. The number of phenolic OH excluding ortho intramolecular Hbond substituents is 1. The zero-order valence-corrected chi connectivity index (χ0v) is 31.7. The van der Waals surface area contributed by atoms with Crippen molar-refractivity contribution in [3.63, 3.8) is 0 Å². The SMILES string of the molecule is CCC/C(=C\c1ccc(O)c2ccccc12)CC[C@H]1OB(O)C[C@H]2C1=C(COc1ccccc1)C[C@H]1C(=O)N(C3CCN(Cc4ccccc4)CC3)C(=O)[C@H]12. The van der Waals surface area contributed by atoms with Gasteiger partial charge in [0.1, 0.15) is 18.1 Å². The van der Waals surface area contributed by atoms with Gasteiger partial charge >= 0.3 is 7.12 Å². The van der Waals surface area contributed by atoms with Crippen LogP contribution >= 0.6 is 0 Å². The number of para-hydroxylation sites is 1. The quantitative estimate of drug-likeness (QED) is 0.0863. The third-order valence-corrected chi connectivity index (χ3v) is 12.3. The van der Waals surface area contributed by atoms with Gasteiger partial charge in [-0.3, -0.25) is 19.4 Å². The lowest BCUT2D eigenvalue weighted by molar-refractivity contribution is -0.144. The first kappa shape index (κ1) is 37.2. The lowest BCUT2D eigenvalue weighted by atomic mass is 9.58. The smallest absolute Gasteiger partial charge is 0.455 e. The van der Waals surface area contributed by atoms with Crippen molar-refractivity contribution < 1.29 is 29.1 Å². The van der Waals surface area contributed by atoms with Crippen molar-refractivity contribution in [1.82, 2.24) is 9.80 Å². The second-order valence-corrected chi connectivity index (χ2v) is 15.8. The normalized spacial score (nSPS) is 23.7. The van der Waals surface area contributed by atoms with Gasteiger partial charge in [0, 0.05) is 31.1 Å². The van der Waals surface area contributed by atoms with Gasteiger partial charge in [0.25, 0.3) is 0 Å². The number of piperidine rings is 1. The van der Waals surface area contributed by atoms with Crippen LogP contribution < -0.4 is 4.74 Å². The predicted molar refractivity (Wildman–Crippen MR) is 216 cm³/mol. The van der Waals surface area contributed by atoms with E-state index in [2.05, 4.69) is 42.2 Å². The summed E-state index contributed by atoms with van der Waals surface area (Å²) in [5.74, 6) is -0.432. The largest absolute Gasteiger partial charge is 0.507 e. The van der Waals surface area contributed by atoms with Crippen LogP contribution in [0.25, 0.3) is 16.8 Å². The number of carbonyl (C=O) groups excluding carboxylic acids is 2. The zero-order chi connectivity index (χ0) is 37.9. The van der Waals surface area contributed by atoms with Gasteiger partial charge in [-0.1, -0.05) is 104 Å². The molecule has 0 radical (unpaired) electrons. The Kier molecular flexibility index (Phi) is 11.2. The van der Waals surface area contributed by atoms with Gasteiger partial charge in [0.15, 0.2) is 0 Å². The molecule has 8 nitrogen and oxygen atoms in total. The first-order valence-corrected chi connectivity index (χ1v) is 20.1. The molecular formula is C46H51BN2O6. The Morgan fingerprint density at radius 2 is 1.58 bits per heavy atom. The zero-order valence-electron chi connectivity index (χ0n) is 31.7. The number of nitrogens with zero attached hydrogens (tertiary/aromatic N) is 2. The Morgan fingerprint density at radius 1 is 0.873 bits per heavy atom. The van der Waals surface area contributed by atoms with E-state index in [0.29, 0.717) is 19.4 Å². The number of aromatic hydroxyl groups is 1. The predicted octanol–water partition coefficient (Wildman–Crippen LogP) is 8.05. The summed E-state index contributed by atoms with van der Waals surface area (Å²) in [5.41, 5.74) is 5.62. The van der Waals surface area contributed by atoms with Crippen LogP contribution in [0.1, 0.15) is 63.0 Å². The number of allylic oxidation sites excluding steroid dienone is 1. The summed E-state index contributed by atoms with van der Waals surface area (Å²) in [6.45, 7) is 4.99. The number of imide groups is 1. The molecule has 4 atom stereocenters. The van der Waals surface area contributed by atoms with Crippen molar-refractivity contribution in [2.24, 2.45) is 17.8 Å². The van der Waals surface area contributed by atoms with E-state index < -0.39 is 25.1 Å². The van der Waals surface area contributed by atoms with Gasteiger partial charge in [-0.25, -0.2) is 0 Å². The van der Waals surface area contributed by atoms with Crippen molar-refractivity contribution in [3.8, 4) is 11.5 Å². The van der Waals surface area contributed by atoms with Gasteiger partial charge in [-0.15, -0.1) is 0 Å². The molecule has 55 heavy (non-hydrogen) atoms. The van der Waals surface area contributed by atoms with E-state index in [1.807, 2.05) is 66.7 Å². The highest BCUT2D eigenvalue weighted by Crippen LogP contribution is 2.51. The number of benzene rings is 4. The molecule has 284 valence electrons. The minimum atomic E-state index is -1.04. The minimum Gasteiger partial charge on any atom is -0.507 e. The summed E-state index contributed by atoms with van der Waals surface area (Å²) < 4.78 is 12.7. The molecule has 0 aromatic heterocycles. The number of likely N-dealkylation sites (tertiary alicyclic amines) is 2. The summed E-state index contributed by atoms with van der Waals surface area (Å²) in [7, 11) is -1.04. The van der Waals surface area contributed by atoms with E-state index in [1.54, 1.807) is 11.0 Å². The minimum absolute atomic E-state index is 0.0698. The highest BCUT2D eigenvalue weighted by Gasteiger charge is 2.58. The molecule has 8 rings (SSSR count). The number of fused-ring (bicyclic) bond motifs is 4. The molecule has 0 unspecified atom stereocenters. The molecular weight excluding hydrogens is 687 g/mol. The topological polar surface area (TPSA) is 99.5 Å². The summed E-state index contributed by atoms with van der Waals surface area (Å²) in [6.07, 6.45) is 7.29. The first-order valence-electron chi connectivity index (χ1n) is 20.1. The lowest BCUT2D eigenvalue weighted by Crippen LogP contribution is -2.48. The molecule has 2 amide bonds. The van der Waals surface area contributed by atoms with Crippen LogP contribution in [-0.2, 0) is 20.8 Å². The van der Waals surface area contributed by atoms with E-state index in [4.69, 9.17) is 9.39 Å². The van der Waals surface area contributed by atoms with Gasteiger partial charge in [-0.05, 0) is 96.6 Å². The third-order valence-electron chi connectivity index (χ3n) is 12.3. The standard InChI is InChI=1S/C46H51BN2O6/c1-2-11-31(26-33-19-20-41(50)38-17-10-9-16-37(33)38)18-21-42-43-34(30-54-36-14-7-4-8-15-36)27-39-44(40(43)28-47(53)55-42)46(52)49(45(39)51)35-22-24-48(25-23-35)29-32-12-5-3-6-13-32/h3-10,12-17,19-20,26,35,39-40,42,44,50,53H,2,11,18,21-25,27-30H2,1H3/b31-26+/t39-,40+,42-,44-/m1/s1. The van der Waals surface area contributed by atoms with Gasteiger partial charge in [0.2, 0.25) is 11.8 Å². The molecule has 0 saturated carbocycles. The Hall–Kier alpha value is -4.70. The first-order chi connectivity index (χ1) is 26.9. The average Bonchev–Trinajstić information content (AvgIpc) is 3.46. The van der Waals surface area contributed by atoms with Gasteiger partial charge < -0.3 is 19.5 Å². The molecule has 2 N–H and O–H groups in total. The van der Waals surface area contributed by atoms with E-state index >= 15 is 0 Å². The van der Waals surface area contributed by atoms with E-state index in [0.717, 1.165) is 85.0 Å². The number of carbonyl (C=O) groups is 2. The maximum Gasteiger partial charge on any atom is 0.455 e. The molecule has 3 saturated heterocycles. The summed E-state index contributed by atoms with van der Waals surface area (Å²) in [5, 5.41) is 23.6. The van der Waals surface area contributed by atoms with Gasteiger partial charge in [-0.2, -0.15) is 0 Å². The maximum absolute atomic E-state index is 14.6. The fourth-order valence-electron chi connectivity index (χ4n) is 9.70. The summed E-state index contributed by atoms with van der Waals surface area (Å²) in [6, 6.07) is 31.6. The van der Waals surface area contributed by atoms with Crippen LogP contribution in [0.15, 0.2) is 114 Å². The van der Waals surface area contributed by atoms with Crippen LogP contribution in [-0.4, -0.2) is 70.7 Å². The maximum atomic E-state index is 14.6. The number of phenols is 1. The number of rotatable bonds is 12. The second-order valence-electron chi connectivity index (χ2n) is 15.8. The average molecular weight is 739 g/mol. The Bertz CT molecular complexity index is 2060. The Balaban J connectivity index is 1.05. The van der Waals surface area contributed by atoms with E-state index in [9.17, 15) is 19.7 Å². The molecule has 3 fully saturated rings. The lowest BCUT2D eigenvalue weighted by Gasteiger charge is -2.43. The highest BCUT2D eigenvalue weighted by atomic mass is 16.5. The monoisotopic (exact) mass is 738 g/mol. The summed E-state index contributed by atoms with van der Waals surface area (Å²) >= 11 is 0. The van der Waals surface area contributed by atoms with Crippen LogP contribution in [0.5, 0.6) is 11.5 Å². The van der Waals surface area contributed by atoms with Crippen molar-refractivity contribution in [2.75, 3.05) is 19.7 Å². The van der Waals surface area contributed by atoms with E-state index in [1.165, 1.54) is 11.1 Å². The molecule has 4 aromatic rings.